The lowest BCUT2D eigenvalue weighted by Gasteiger charge is -2.07. The van der Waals surface area contributed by atoms with Crippen LogP contribution in [0.4, 0.5) is 4.39 Å². The fourth-order valence-electron chi connectivity index (χ4n) is 2.37. The number of aryl methyl sites for hydroxylation is 2. The summed E-state index contributed by atoms with van der Waals surface area (Å²) < 4.78 is 14.7. The van der Waals surface area contributed by atoms with Crippen molar-refractivity contribution in [1.29, 1.82) is 0 Å². The second-order valence-electron chi connectivity index (χ2n) is 5.29. The number of pyridine rings is 1. The molecule has 116 valence electrons. The molecule has 0 saturated carbocycles. The predicted octanol–water partition coefficient (Wildman–Crippen LogP) is 3.53. The number of carbonyl (C=O) groups excluding carboxylic acids is 1. The molecule has 0 bridgehead atoms. The van der Waals surface area contributed by atoms with Crippen LogP contribution < -0.4 is 0 Å². The molecule has 4 nitrogen and oxygen atoms in total. The van der Waals surface area contributed by atoms with Crippen LogP contribution in [-0.4, -0.2) is 20.5 Å². The fraction of sp³-hybridized carbons (Fsp3) is 0.167. The van der Waals surface area contributed by atoms with Gasteiger partial charge in [-0.05, 0) is 42.3 Å². The van der Waals surface area contributed by atoms with Gasteiger partial charge in [-0.1, -0.05) is 18.2 Å². The van der Waals surface area contributed by atoms with Crippen molar-refractivity contribution in [2.45, 2.75) is 19.9 Å². The van der Waals surface area contributed by atoms with Crippen LogP contribution in [-0.2, 0) is 13.0 Å². The van der Waals surface area contributed by atoms with E-state index in [1.54, 1.807) is 29.1 Å². The van der Waals surface area contributed by atoms with Crippen molar-refractivity contribution < 1.29 is 9.18 Å². The van der Waals surface area contributed by atoms with Gasteiger partial charge in [-0.2, -0.15) is 5.10 Å². The van der Waals surface area contributed by atoms with Crippen LogP contribution in [0.1, 0.15) is 23.0 Å². The first-order valence-corrected chi connectivity index (χ1v) is 7.38. The van der Waals surface area contributed by atoms with Crippen molar-refractivity contribution >= 4 is 5.78 Å². The molecule has 0 aliphatic carbocycles. The van der Waals surface area contributed by atoms with Gasteiger partial charge in [-0.25, -0.2) is 4.39 Å². The Morgan fingerprint density at radius 3 is 2.61 bits per heavy atom. The van der Waals surface area contributed by atoms with Gasteiger partial charge in [0, 0.05) is 19.7 Å². The molecule has 0 spiro atoms. The Balaban J connectivity index is 1.88. The number of carbonyl (C=O) groups is 1. The normalized spacial score (nSPS) is 10.7. The first kappa shape index (κ1) is 15.1. The highest BCUT2D eigenvalue weighted by atomic mass is 19.1. The number of nitrogens with zero attached hydrogens (tertiary/aromatic N) is 3. The molecular formula is C18H16FN3O. The minimum absolute atomic E-state index is 0.0808. The van der Waals surface area contributed by atoms with Gasteiger partial charge >= 0.3 is 0 Å². The molecule has 1 aromatic carbocycles. The first-order chi connectivity index (χ1) is 11.1. The highest BCUT2D eigenvalue weighted by Gasteiger charge is 2.13. The molecule has 0 aliphatic heterocycles. The molecule has 0 amide bonds. The third-order valence-corrected chi connectivity index (χ3v) is 3.59. The molecule has 0 atom stereocenters. The van der Waals surface area contributed by atoms with E-state index in [2.05, 4.69) is 10.1 Å². The van der Waals surface area contributed by atoms with E-state index in [-0.39, 0.29) is 11.6 Å². The van der Waals surface area contributed by atoms with E-state index < -0.39 is 0 Å². The quantitative estimate of drug-likeness (QED) is 0.677. The van der Waals surface area contributed by atoms with Crippen molar-refractivity contribution in [3.63, 3.8) is 0 Å². The number of ketones is 1. The monoisotopic (exact) mass is 309 g/mol. The maximum Gasteiger partial charge on any atom is 0.180 e. The van der Waals surface area contributed by atoms with E-state index in [4.69, 9.17) is 0 Å². The van der Waals surface area contributed by atoms with E-state index >= 15 is 0 Å². The molecule has 0 unspecified atom stereocenters. The van der Waals surface area contributed by atoms with Crippen LogP contribution >= 0.6 is 0 Å². The van der Waals surface area contributed by atoms with Crippen molar-refractivity contribution in [1.82, 2.24) is 14.8 Å². The molecule has 3 rings (SSSR count). The van der Waals surface area contributed by atoms with E-state index in [9.17, 15) is 9.18 Å². The van der Waals surface area contributed by atoms with Gasteiger partial charge in [0.05, 0.1) is 11.4 Å². The van der Waals surface area contributed by atoms with Gasteiger partial charge in [-0.15, -0.1) is 0 Å². The largest absolute Gasteiger partial charge is 0.293 e. The van der Waals surface area contributed by atoms with Crippen LogP contribution in [0.2, 0.25) is 0 Å². The topological polar surface area (TPSA) is 47.8 Å². The number of Topliss-reactive ketones (excluding diaryl/α,β-unsaturated/α-hetero) is 1. The summed E-state index contributed by atoms with van der Waals surface area (Å²) in [5.41, 5.74) is 3.01. The Morgan fingerprint density at radius 1 is 1.17 bits per heavy atom. The van der Waals surface area contributed by atoms with E-state index in [0.717, 1.165) is 17.0 Å². The van der Waals surface area contributed by atoms with Gasteiger partial charge in [-0.3, -0.25) is 14.5 Å². The van der Waals surface area contributed by atoms with Crippen molar-refractivity contribution in [2.75, 3.05) is 0 Å². The molecule has 23 heavy (non-hydrogen) atoms. The van der Waals surface area contributed by atoms with Gasteiger partial charge in [0.15, 0.2) is 5.78 Å². The Morgan fingerprint density at radius 2 is 1.96 bits per heavy atom. The van der Waals surface area contributed by atoms with Crippen molar-refractivity contribution in [2.24, 2.45) is 0 Å². The minimum atomic E-state index is -0.249. The fourth-order valence-corrected chi connectivity index (χ4v) is 2.37. The SMILES string of the molecule is CC(=O)c1cc(-c2ccccn2)n(CCc2ccc(F)cc2)n1. The smallest absolute Gasteiger partial charge is 0.180 e. The number of benzene rings is 1. The van der Waals surface area contributed by atoms with Gasteiger partial charge in [0.2, 0.25) is 0 Å². The summed E-state index contributed by atoms with van der Waals surface area (Å²) in [5, 5.41) is 4.37. The second-order valence-corrected chi connectivity index (χ2v) is 5.29. The van der Waals surface area contributed by atoms with E-state index in [1.165, 1.54) is 19.1 Å². The molecule has 0 fully saturated rings. The summed E-state index contributed by atoms with van der Waals surface area (Å²) >= 11 is 0. The lowest BCUT2D eigenvalue weighted by Crippen LogP contribution is -2.07. The lowest BCUT2D eigenvalue weighted by atomic mass is 10.1. The zero-order valence-electron chi connectivity index (χ0n) is 12.7. The van der Waals surface area contributed by atoms with E-state index in [0.29, 0.717) is 18.7 Å². The summed E-state index contributed by atoms with van der Waals surface area (Å²) in [4.78, 5) is 15.9. The summed E-state index contributed by atoms with van der Waals surface area (Å²) in [6.45, 7) is 2.08. The predicted molar refractivity (Wildman–Crippen MR) is 85.6 cm³/mol. The number of hydrogen-bond acceptors (Lipinski definition) is 3. The lowest BCUT2D eigenvalue weighted by molar-refractivity contribution is 0.101. The van der Waals surface area contributed by atoms with Gasteiger partial charge in [0.25, 0.3) is 0 Å². The molecule has 5 heteroatoms. The average Bonchev–Trinajstić information content (AvgIpc) is 3.00. The molecule has 2 aromatic heterocycles. The molecule has 3 aromatic rings. The van der Waals surface area contributed by atoms with Crippen LogP contribution in [0.15, 0.2) is 54.7 Å². The zero-order valence-corrected chi connectivity index (χ0v) is 12.7. The average molecular weight is 309 g/mol. The van der Waals surface area contributed by atoms with Crippen molar-refractivity contribution in [3.05, 3.63) is 71.8 Å². The van der Waals surface area contributed by atoms with Crippen LogP contribution in [0, 0.1) is 5.82 Å². The Kier molecular flexibility index (Phi) is 4.28. The zero-order chi connectivity index (χ0) is 16.2. The Hall–Kier alpha value is -2.82. The number of aromatic nitrogens is 3. The minimum Gasteiger partial charge on any atom is -0.293 e. The maximum atomic E-state index is 13.0. The van der Waals surface area contributed by atoms with Crippen molar-refractivity contribution in [3.8, 4) is 11.4 Å². The molecule has 0 saturated heterocycles. The molecule has 0 aliphatic rings. The van der Waals surface area contributed by atoms with Crippen LogP contribution in [0.3, 0.4) is 0 Å². The summed E-state index contributed by atoms with van der Waals surface area (Å²) in [5.74, 6) is -0.330. The van der Waals surface area contributed by atoms with Crippen LogP contribution in [0.25, 0.3) is 11.4 Å². The highest BCUT2D eigenvalue weighted by molar-refractivity contribution is 5.93. The highest BCUT2D eigenvalue weighted by Crippen LogP contribution is 2.19. The maximum absolute atomic E-state index is 13.0. The van der Waals surface area contributed by atoms with Gasteiger partial charge < -0.3 is 0 Å². The number of hydrogen-bond donors (Lipinski definition) is 0. The number of rotatable bonds is 5. The summed E-state index contributed by atoms with van der Waals surface area (Å²) in [7, 11) is 0. The molecule has 0 N–H and O–H groups in total. The van der Waals surface area contributed by atoms with E-state index in [1.807, 2.05) is 18.2 Å². The molecular weight excluding hydrogens is 293 g/mol. The first-order valence-electron chi connectivity index (χ1n) is 7.38. The second kappa shape index (κ2) is 6.52. The summed E-state index contributed by atoms with van der Waals surface area (Å²) in [6.07, 6.45) is 2.40. The van der Waals surface area contributed by atoms with Gasteiger partial charge in [0.1, 0.15) is 11.5 Å². The van der Waals surface area contributed by atoms with Crippen LogP contribution in [0.5, 0.6) is 0 Å². The Bertz CT molecular complexity index is 810. The third kappa shape index (κ3) is 3.51. The summed E-state index contributed by atoms with van der Waals surface area (Å²) in [6, 6.07) is 13.8. The Labute approximate surface area is 133 Å². The molecule has 2 heterocycles. The number of halogens is 1. The molecule has 0 radical (unpaired) electrons. The standard InChI is InChI=1S/C18H16FN3O/c1-13(23)17-12-18(16-4-2-3-10-20-16)22(21-17)11-9-14-5-7-15(19)8-6-14/h2-8,10,12H,9,11H2,1H3. The third-order valence-electron chi connectivity index (χ3n) is 3.59.